The first-order valence-corrected chi connectivity index (χ1v) is 9.41. The molecule has 0 aliphatic carbocycles. The number of aromatic nitrogens is 2. The van der Waals surface area contributed by atoms with Crippen LogP contribution < -0.4 is 15.4 Å². The second kappa shape index (κ2) is 7.86. The van der Waals surface area contributed by atoms with Crippen molar-refractivity contribution in [1.82, 2.24) is 9.78 Å². The van der Waals surface area contributed by atoms with Gasteiger partial charge >= 0.3 is 6.18 Å². The smallest absolute Gasteiger partial charge is 0.410 e. The summed E-state index contributed by atoms with van der Waals surface area (Å²) in [6.45, 7) is 0. The average Bonchev–Trinajstić information content (AvgIpc) is 3.16. The maximum Gasteiger partial charge on any atom is 0.410 e. The molecule has 0 unspecified atom stereocenters. The molecule has 0 radical (unpaired) electrons. The Kier molecular flexibility index (Phi) is 5.22. The maximum atomic E-state index is 13.8. The third kappa shape index (κ3) is 4.14. The number of rotatable bonds is 4. The molecule has 31 heavy (non-hydrogen) atoms. The zero-order valence-electron chi connectivity index (χ0n) is 16.3. The largest absolute Gasteiger partial charge is 0.508 e. The highest BCUT2D eigenvalue weighted by Crippen LogP contribution is 2.44. The Labute approximate surface area is 175 Å². The van der Waals surface area contributed by atoms with E-state index in [0.29, 0.717) is 17.0 Å². The van der Waals surface area contributed by atoms with E-state index in [0.717, 1.165) is 10.9 Å². The van der Waals surface area contributed by atoms with Gasteiger partial charge in [0.1, 0.15) is 22.9 Å². The van der Waals surface area contributed by atoms with Gasteiger partial charge in [-0.1, -0.05) is 18.2 Å². The van der Waals surface area contributed by atoms with E-state index in [4.69, 9.17) is 4.74 Å². The van der Waals surface area contributed by atoms with Gasteiger partial charge in [-0.2, -0.15) is 18.3 Å². The minimum atomic E-state index is -4.55. The molecular formula is C21H19F3N4O3. The summed E-state index contributed by atoms with van der Waals surface area (Å²) in [4.78, 5) is 12.8. The number of halogens is 3. The molecule has 1 aliphatic rings. The Morgan fingerprint density at radius 2 is 2.00 bits per heavy atom. The van der Waals surface area contributed by atoms with E-state index < -0.39 is 24.2 Å². The van der Waals surface area contributed by atoms with Gasteiger partial charge in [0.05, 0.1) is 19.3 Å². The van der Waals surface area contributed by atoms with Gasteiger partial charge in [0, 0.05) is 18.2 Å². The highest BCUT2D eigenvalue weighted by Gasteiger charge is 2.47. The average molecular weight is 432 g/mol. The Morgan fingerprint density at radius 1 is 1.26 bits per heavy atom. The molecule has 1 aliphatic heterocycles. The number of anilines is 2. The van der Waals surface area contributed by atoms with Crippen molar-refractivity contribution in [2.45, 2.75) is 24.7 Å². The van der Waals surface area contributed by atoms with Crippen LogP contribution in [0.5, 0.6) is 11.5 Å². The number of phenolic OH excluding ortho intramolecular Hbond substituents is 1. The maximum absolute atomic E-state index is 13.8. The van der Waals surface area contributed by atoms with Crippen LogP contribution in [0.15, 0.2) is 54.7 Å². The molecular weight excluding hydrogens is 413 g/mol. The number of nitrogens with zero attached hydrogens (tertiary/aromatic N) is 2. The molecule has 4 rings (SSSR count). The quantitative estimate of drug-likeness (QED) is 0.565. The zero-order valence-corrected chi connectivity index (χ0v) is 16.3. The molecule has 7 nitrogen and oxygen atoms in total. The van der Waals surface area contributed by atoms with Gasteiger partial charge in [0.25, 0.3) is 5.91 Å². The van der Waals surface area contributed by atoms with Gasteiger partial charge in [-0.15, -0.1) is 0 Å². The summed E-state index contributed by atoms with van der Waals surface area (Å²) in [5.41, 5.74) is 0.900. The summed E-state index contributed by atoms with van der Waals surface area (Å²) in [6.07, 6.45) is -3.72. The molecule has 2 heterocycles. The standard InChI is InChI=1S/C21H19F3N4O3/c1-31-15-7-5-12(6-8-15)17-10-18(21(22,23)24)28-19(27-17)16(11-25-28)20(30)26-13-3-2-4-14(29)9-13/h2-9,11,17-18,27,29H,10H2,1H3,(H,26,30)/t17-,18-/m1/s1. The highest BCUT2D eigenvalue weighted by atomic mass is 19.4. The Hall–Kier alpha value is -3.69. The topological polar surface area (TPSA) is 88.4 Å². The summed E-state index contributed by atoms with van der Waals surface area (Å²) in [7, 11) is 1.50. The van der Waals surface area contributed by atoms with Crippen LogP contribution in [0.3, 0.4) is 0 Å². The molecule has 0 saturated heterocycles. The van der Waals surface area contributed by atoms with Crippen LogP contribution in [0.4, 0.5) is 24.7 Å². The lowest BCUT2D eigenvalue weighted by Gasteiger charge is -2.34. The molecule has 1 aromatic heterocycles. The first kappa shape index (κ1) is 20.6. The Balaban J connectivity index is 1.67. The number of amides is 1. The fraction of sp³-hybridized carbons (Fsp3) is 0.238. The van der Waals surface area contributed by atoms with Gasteiger partial charge in [0.15, 0.2) is 6.04 Å². The van der Waals surface area contributed by atoms with E-state index in [2.05, 4.69) is 15.7 Å². The van der Waals surface area contributed by atoms with Crippen molar-refractivity contribution in [2.24, 2.45) is 0 Å². The third-order valence-corrected chi connectivity index (χ3v) is 5.11. The van der Waals surface area contributed by atoms with Crippen LogP contribution in [0.25, 0.3) is 0 Å². The SMILES string of the molecule is COc1ccc([C@H]2C[C@H](C(F)(F)F)n3ncc(C(=O)Nc4cccc(O)c4)c3N2)cc1. The van der Waals surface area contributed by atoms with Crippen molar-refractivity contribution in [3.63, 3.8) is 0 Å². The van der Waals surface area contributed by atoms with E-state index >= 15 is 0 Å². The van der Waals surface area contributed by atoms with Crippen molar-refractivity contribution in [2.75, 3.05) is 17.7 Å². The highest BCUT2D eigenvalue weighted by molar-refractivity contribution is 6.07. The lowest BCUT2D eigenvalue weighted by atomic mass is 9.96. The number of alkyl halides is 3. The number of hydrogen-bond acceptors (Lipinski definition) is 5. The number of aromatic hydroxyl groups is 1. The Bertz CT molecular complexity index is 1100. The molecule has 10 heteroatoms. The normalized spacial score (nSPS) is 18.1. The Morgan fingerprint density at radius 3 is 2.65 bits per heavy atom. The van der Waals surface area contributed by atoms with Crippen molar-refractivity contribution in [1.29, 1.82) is 0 Å². The number of carbonyl (C=O) groups excluding carboxylic acids is 1. The van der Waals surface area contributed by atoms with E-state index in [9.17, 15) is 23.1 Å². The van der Waals surface area contributed by atoms with Crippen LogP contribution >= 0.6 is 0 Å². The predicted molar refractivity (Wildman–Crippen MR) is 107 cm³/mol. The number of hydrogen-bond donors (Lipinski definition) is 3. The molecule has 0 spiro atoms. The van der Waals surface area contributed by atoms with Crippen LogP contribution in [0.1, 0.15) is 34.4 Å². The van der Waals surface area contributed by atoms with Gasteiger partial charge in [-0.05, 0) is 29.8 Å². The number of ether oxygens (including phenoxy) is 1. The number of carbonyl (C=O) groups is 1. The monoisotopic (exact) mass is 432 g/mol. The van der Waals surface area contributed by atoms with E-state index in [-0.39, 0.29) is 23.6 Å². The second-order valence-corrected chi connectivity index (χ2v) is 7.12. The molecule has 1 amide bonds. The third-order valence-electron chi connectivity index (χ3n) is 5.11. The van der Waals surface area contributed by atoms with Gasteiger partial charge < -0.3 is 20.5 Å². The van der Waals surface area contributed by atoms with E-state index in [1.165, 1.54) is 25.3 Å². The van der Waals surface area contributed by atoms with Crippen molar-refractivity contribution >= 4 is 17.4 Å². The van der Waals surface area contributed by atoms with Crippen LogP contribution in [-0.4, -0.2) is 34.1 Å². The van der Waals surface area contributed by atoms with Crippen LogP contribution in [-0.2, 0) is 0 Å². The molecule has 3 N–H and O–H groups in total. The number of methoxy groups -OCH3 is 1. The first-order chi connectivity index (χ1) is 14.8. The number of fused-ring (bicyclic) bond motifs is 1. The van der Waals surface area contributed by atoms with Crippen LogP contribution in [0, 0.1) is 0 Å². The van der Waals surface area contributed by atoms with Gasteiger partial charge in [0.2, 0.25) is 0 Å². The number of phenols is 1. The molecule has 0 fully saturated rings. The molecule has 2 aromatic carbocycles. The fourth-order valence-electron chi connectivity index (χ4n) is 3.57. The van der Waals surface area contributed by atoms with E-state index in [1.807, 2.05) is 0 Å². The van der Waals surface area contributed by atoms with Gasteiger partial charge in [-0.3, -0.25) is 4.79 Å². The molecule has 162 valence electrons. The summed E-state index contributed by atoms with van der Waals surface area (Å²) in [6, 6.07) is 9.99. The molecule has 3 aromatic rings. The summed E-state index contributed by atoms with van der Waals surface area (Å²) < 4.78 is 47.3. The van der Waals surface area contributed by atoms with E-state index in [1.54, 1.807) is 30.3 Å². The van der Waals surface area contributed by atoms with Crippen LogP contribution in [0.2, 0.25) is 0 Å². The second-order valence-electron chi connectivity index (χ2n) is 7.12. The lowest BCUT2D eigenvalue weighted by molar-refractivity contribution is -0.173. The first-order valence-electron chi connectivity index (χ1n) is 9.41. The van der Waals surface area contributed by atoms with Crippen molar-refractivity contribution in [3.8, 4) is 11.5 Å². The fourth-order valence-corrected chi connectivity index (χ4v) is 3.57. The van der Waals surface area contributed by atoms with Gasteiger partial charge in [-0.25, -0.2) is 4.68 Å². The molecule has 0 bridgehead atoms. The summed E-state index contributed by atoms with van der Waals surface area (Å²) in [5.74, 6) is -0.129. The minimum absolute atomic E-state index is 0.0213. The number of nitrogens with one attached hydrogen (secondary N) is 2. The molecule has 0 saturated carbocycles. The summed E-state index contributed by atoms with van der Waals surface area (Å²) in [5, 5.41) is 19.0. The summed E-state index contributed by atoms with van der Waals surface area (Å²) >= 11 is 0. The van der Waals surface area contributed by atoms with Crippen molar-refractivity contribution < 1.29 is 27.8 Å². The minimum Gasteiger partial charge on any atom is -0.508 e. The number of benzene rings is 2. The zero-order chi connectivity index (χ0) is 22.2. The van der Waals surface area contributed by atoms with Crippen molar-refractivity contribution in [3.05, 3.63) is 65.9 Å². The predicted octanol–water partition coefficient (Wildman–Crippen LogP) is 4.51. The lowest BCUT2D eigenvalue weighted by Crippen LogP contribution is -2.36. The molecule has 2 atom stereocenters.